The van der Waals surface area contributed by atoms with Crippen molar-refractivity contribution in [2.75, 3.05) is 31.7 Å². The molecule has 2 heterocycles. The maximum absolute atomic E-state index is 12.3. The molecule has 2 aromatic heterocycles. The van der Waals surface area contributed by atoms with Crippen LogP contribution in [0.4, 0.5) is 5.82 Å². The van der Waals surface area contributed by atoms with E-state index >= 15 is 0 Å². The fraction of sp³-hybridized carbons (Fsp3) is 0.533. The highest BCUT2D eigenvalue weighted by molar-refractivity contribution is 7.20. The summed E-state index contributed by atoms with van der Waals surface area (Å²) in [4.78, 5) is 23.7. The van der Waals surface area contributed by atoms with Crippen LogP contribution < -0.4 is 4.90 Å². The predicted octanol–water partition coefficient (Wildman–Crippen LogP) is 2.89. The standard InChI is InChI=1S/C15H20ClN3O3S/c1-8(2)7-22-14(21)11-9(3)10-12(19(4)5-6-20)17-15(16)18-13(10)23-11/h8,20H,5-7H2,1-4H3. The number of hydrogen-bond donors (Lipinski definition) is 1. The Morgan fingerprint density at radius 1 is 1.43 bits per heavy atom. The quantitative estimate of drug-likeness (QED) is 0.632. The van der Waals surface area contributed by atoms with Gasteiger partial charge in [-0.15, -0.1) is 11.3 Å². The highest BCUT2D eigenvalue weighted by Gasteiger charge is 2.22. The molecule has 23 heavy (non-hydrogen) atoms. The number of aryl methyl sites for hydroxylation is 1. The van der Waals surface area contributed by atoms with Crippen LogP contribution in [0.15, 0.2) is 0 Å². The number of aromatic nitrogens is 2. The molecular formula is C15H20ClN3O3S. The third-order valence-electron chi connectivity index (χ3n) is 3.27. The van der Waals surface area contributed by atoms with Gasteiger partial charge < -0.3 is 14.7 Å². The number of likely N-dealkylation sites (N-methyl/N-ethyl adjacent to an activating group) is 1. The van der Waals surface area contributed by atoms with Crippen molar-refractivity contribution in [3.8, 4) is 0 Å². The molecule has 0 aliphatic rings. The predicted molar refractivity (Wildman–Crippen MR) is 92.6 cm³/mol. The molecule has 2 rings (SSSR count). The van der Waals surface area contributed by atoms with E-state index in [0.29, 0.717) is 28.7 Å². The molecule has 0 atom stereocenters. The number of fused-ring (bicyclic) bond motifs is 1. The minimum Gasteiger partial charge on any atom is -0.461 e. The van der Waals surface area contributed by atoms with Gasteiger partial charge in [-0.1, -0.05) is 13.8 Å². The van der Waals surface area contributed by atoms with Crippen LogP contribution in [0.3, 0.4) is 0 Å². The number of aliphatic hydroxyl groups is 1. The topological polar surface area (TPSA) is 75.5 Å². The van der Waals surface area contributed by atoms with Crippen LogP contribution in [-0.2, 0) is 4.74 Å². The SMILES string of the molecule is Cc1c(C(=O)OCC(C)C)sc2nc(Cl)nc(N(C)CCO)c12. The molecule has 2 aromatic rings. The number of hydrogen-bond acceptors (Lipinski definition) is 7. The minimum absolute atomic E-state index is 0.00785. The largest absolute Gasteiger partial charge is 0.461 e. The molecule has 0 spiro atoms. The molecule has 0 saturated carbocycles. The summed E-state index contributed by atoms with van der Waals surface area (Å²) >= 11 is 7.24. The molecule has 0 aromatic carbocycles. The Bertz CT molecular complexity index is 718. The average Bonchev–Trinajstić information content (AvgIpc) is 2.81. The summed E-state index contributed by atoms with van der Waals surface area (Å²) in [6, 6.07) is 0. The molecule has 0 fully saturated rings. The lowest BCUT2D eigenvalue weighted by Gasteiger charge is -2.18. The van der Waals surface area contributed by atoms with Gasteiger partial charge in [-0.05, 0) is 30.0 Å². The summed E-state index contributed by atoms with van der Waals surface area (Å²) in [5.41, 5.74) is 0.773. The van der Waals surface area contributed by atoms with E-state index in [0.717, 1.165) is 10.9 Å². The first-order valence-corrected chi connectivity index (χ1v) is 8.50. The Morgan fingerprint density at radius 3 is 2.74 bits per heavy atom. The molecule has 0 unspecified atom stereocenters. The Balaban J connectivity index is 2.48. The van der Waals surface area contributed by atoms with Gasteiger partial charge in [0.1, 0.15) is 15.5 Å². The van der Waals surface area contributed by atoms with Crippen molar-refractivity contribution in [1.82, 2.24) is 9.97 Å². The number of anilines is 1. The number of aliphatic hydroxyl groups excluding tert-OH is 1. The fourth-order valence-corrected chi connectivity index (χ4v) is 3.41. The molecule has 0 saturated heterocycles. The number of nitrogens with zero attached hydrogens (tertiary/aromatic N) is 3. The Hall–Kier alpha value is -1.44. The Morgan fingerprint density at radius 2 is 2.13 bits per heavy atom. The van der Waals surface area contributed by atoms with Gasteiger partial charge in [0.25, 0.3) is 0 Å². The second kappa shape index (κ2) is 7.42. The lowest BCUT2D eigenvalue weighted by Crippen LogP contribution is -2.22. The number of esters is 1. The molecular weight excluding hydrogens is 338 g/mol. The van der Waals surface area contributed by atoms with Crippen molar-refractivity contribution in [2.24, 2.45) is 5.92 Å². The van der Waals surface area contributed by atoms with Crippen molar-refractivity contribution in [3.63, 3.8) is 0 Å². The zero-order chi connectivity index (χ0) is 17.1. The van der Waals surface area contributed by atoms with E-state index < -0.39 is 0 Å². The van der Waals surface area contributed by atoms with Crippen LogP contribution in [0.5, 0.6) is 0 Å². The van der Waals surface area contributed by atoms with Crippen molar-refractivity contribution < 1.29 is 14.6 Å². The van der Waals surface area contributed by atoms with Gasteiger partial charge in [-0.2, -0.15) is 4.98 Å². The van der Waals surface area contributed by atoms with Crippen molar-refractivity contribution >= 4 is 44.9 Å². The number of carbonyl (C=O) groups excluding carboxylic acids is 1. The number of thiophene rings is 1. The Kier molecular flexibility index (Phi) is 5.78. The summed E-state index contributed by atoms with van der Waals surface area (Å²) < 4.78 is 5.31. The first kappa shape index (κ1) is 17.9. The van der Waals surface area contributed by atoms with Gasteiger partial charge in [0.05, 0.1) is 18.6 Å². The van der Waals surface area contributed by atoms with Gasteiger partial charge >= 0.3 is 5.97 Å². The lowest BCUT2D eigenvalue weighted by atomic mass is 10.2. The molecule has 0 aliphatic carbocycles. The van der Waals surface area contributed by atoms with Crippen LogP contribution in [0.1, 0.15) is 29.1 Å². The van der Waals surface area contributed by atoms with Crippen LogP contribution >= 0.6 is 22.9 Å². The smallest absolute Gasteiger partial charge is 0.348 e. The summed E-state index contributed by atoms with van der Waals surface area (Å²) in [6.07, 6.45) is 0. The van der Waals surface area contributed by atoms with E-state index in [-0.39, 0.29) is 23.8 Å². The number of rotatable bonds is 6. The minimum atomic E-state index is -0.355. The second-order valence-corrected chi connectivity index (χ2v) is 7.03. The first-order chi connectivity index (χ1) is 10.8. The molecule has 0 radical (unpaired) electrons. The van der Waals surface area contributed by atoms with Crippen LogP contribution in [-0.4, -0.2) is 47.8 Å². The van der Waals surface area contributed by atoms with E-state index in [2.05, 4.69) is 9.97 Å². The van der Waals surface area contributed by atoms with Crippen molar-refractivity contribution in [3.05, 3.63) is 15.7 Å². The normalized spacial score (nSPS) is 11.3. The molecule has 0 amide bonds. The van der Waals surface area contributed by atoms with Crippen LogP contribution in [0.2, 0.25) is 5.28 Å². The van der Waals surface area contributed by atoms with E-state index in [4.69, 9.17) is 21.4 Å². The summed E-state index contributed by atoms with van der Waals surface area (Å²) in [7, 11) is 1.81. The summed E-state index contributed by atoms with van der Waals surface area (Å²) in [5.74, 6) is 0.519. The number of halogens is 1. The number of carbonyl (C=O) groups is 1. The van der Waals surface area contributed by atoms with Gasteiger partial charge in [0, 0.05) is 13.6 Å². The number of ether oxygens (including phenoxy) is 1. The monoisotopic (exact) mass is 357 g/mol. The molecule has 6 nitrogen and oxygen atoms in total. The van der Waals surface area contributed by atoms with Crippen LogP contribution in [0.25, 0.3) is 10.2 Å². The molecule has 0 bridgehead atoms. The lowest BCUT2D eigenvalue weighted by molar-refractivity contribution is 0.0464. The van der Waals surface area contributed by atoms with Crippen LogP contribution in [0, 0.1) is 12.8 Å². The molecule has 8 heteroatoms. The highest BCUT2D eigenvalue weighted by atomic mass is 35.5. The molecule has 1 N–H and O–H groups in total. The first-order valence-electron chi connectivity index (χ1n) is 7.30. The fourth-order valence-electron chi connectivity index (χ4n) is 2.13. The van der Waals surface area contributed by atoms with Gasteiger partial charge in [0.15, 0.2) is 0 Å². The van der Waals surface area contributed by atoms with Crippen molar-refractivity contribution in [2.45, 2.75) is 20.8 Å². The third kappa shape index (κ3) is 3.91. The highest BCUT2D eigenvalue weighted by Crippen LogP contribution is 2.36. The maximum Gasteiger partial charge on any atom is 0.348 e. The van der Waals surface area contributed by atoms with E-state index in [1.165, 1.54) is 11.3 Å². The average molecular weight is 358 g/mol. The third-order valence-corrected chi connectivity index (χ3v) is 4.61. The van der Waals surface area contributed by atoms with Gasteiger partial charge in [0.2, 0.25) is 5.28 Å². The Labute approximate surface area is 144 Å². The molecule has 126 valence electrons. The summed E-state index contributed by atoms with van der Waals surface area (Å²) in [6.45, 7) is 6.59. The second-order valence-electron chi connectivity index (χ2n) is 5.69. The summed E-state index contributed by atoms with van der Waals surface area (Å²) in [5, 5.41) is 10.0. The van der Waals surface area contributed by atoms with Gasteiger partial charge in [-0.25, -0.2) is 9.78 Å². The van der Waals surface area contributed by atoms with E-state index in [1.54, 1.807) is 4.90 Å². The van der Waals surface area contributed by atoms with Crippen molar-refractivity contribution in [1.29, 1.82) is 0 Å². The molecule has 0 aliphatic heterocycles. The zero-order valence-electron chi connectivity index (χ0n) is 13.6. The zero-order valence-corrected chi connectivity index (χ0v) is 15.2. The maximum atomic E-state index is 12.3. The van der Waals surface area contributed by atoms with E-state index in [9.17, 15) is 4.79 Å². The van der Waals surface area contributed by atoms with E-state index in [1.807, 2.05) is 27.8 Å². The van der Waals surface area contributed by atoms with Gasteiger partial charge in [-0.3, -0.25) is 0 Å².